The van der Waals surface area contributed by atoms with Gasteiger partial charge in [0.05, 0.1) is 23.3 Å². The number of halogens is 1. The van der Waals surface area contributed by atoms with E-state index in [4.69, 9.17) is 21.6 Å². The minimum absolute atomic E-state index is 0.239. The molecule has 1 atom stereocenters. The summed E-state index contributed by atoms with van der Waals surface area (Å²) in [4.78, 5) is 2.22. The third-order valence-corrected chi connectivity index (χ3v) is 2.99. The smallest absolute Gasteiger partial charge is 0.101 e. The van der Waals surface area contributed by atoms with Crippen molar-refractivity contribution in [2.45, 2.75) is 13.0 Å². The Morgan fingerprint density at radius 2 is 2.38 bits per heavy atom. The Labute approximate surface area is 100 Å². The highest BCUT2D eigenvalue weighted by molar-refractivity contribution is 6.32. The van der Waals surface area contributed by atoms with Crippen molar-refractivity contribution in [2.24, 2.45) is 0 Å². The first kappa shape index (κ1) is 11.3. The van der Waals surface area contributed by atoms with E-state index in [0.29, 0.717) is 10.6 Å². The lowest BCUT2D eigenvalue weighted by Crippen LogP contribution is -2.41. The molecule has 1 saturated heterocycles. The Balaban J connectivity index is 2.21. The minimum atomic E-state index is 0.239. The lowest BCUT2D eigenvalue weighted by atomic mass is 10.2. The summed E-state index contributed by atoms with van der Waals surface area (Å²) in [5.74, 6) is 0. The van der Waals surface area contributed by atoms with Gasteiger partial charge in [-0.1, -0.05) is 11.6 Å². The normalized spacial score (nSPS) is 20.6. The summed E-state index contributed by atoms with van der Waals surface area (Å²) in [6, 6.07) is 7.60. The number of rotatable bonds is 1. The van der Waals surface area contributed by atoms with Crippen LogP contribution in [0.1, 0.15) is 12.5 Å². The van der Waals surface area contributed by atoms with Gasteiger partial charge in [-0.25, -0.2) is 0 Å². The second-order valence-electron chi connectivity index (χ2n) is 3.90. The summed E-state index contributed by atoms with van der Waals surface area (Å²) >= 11 is 6.00. The molecular formula is C12H13ClN2O. The lowest BCUT2D eigenvalue weighted by Gasteiger charge is -2.33. The standard InChI is InChI=1S/C12H13ClN2O/c1-9-8-15(4-5-16-9)11-3-2-10(7-14)12(13)6-11/h2-3,6,9H,4-5,8H2,1H3. The van der Waals surface area contributed by atoms with Crippen LogP contribution in [0.15, 0.2) is 18.2 Å². The predicted octanol–water partition coefficient (Wildman–Crippen LogP) is 2.44. The molecule has 1 heterocycles. The zero-order valence-corrected chi connectivity index (χ0v) is 9.87. The number of ether oxygens (including phenoxy) is 1. The molecule has 1 unspecified atom stereocenters. The molecule has 0 saturated carbocycles. The summed E-state index contributed by atoms with van der Waals surface area (Å²) < 4.78 is 5.48. The SMILES string of the molecule is CC1CN(c2ccc(C#N)c(Cl)c2)CCO1. The van der Waals surface area contributed by atoms with E-state index in [1.54, 1.807) is 6.07 Å². The Kier molecular flexibility index (Phi) is 3.33. The molecule has 1 aromatic carbocycles. The van der Waals surface area contributed by atoms with E-state index in [2.05, 4.69) is 17.9 Å². The van der Waals surface area contributed by atoms with Crippen LogP contribution < -0.4 is 4.90 Å². The number of anilines is 1. The van der Waals surface area contributed by atoms with E-state index < -0.39 is 0 Å². The Bertz CT molecular complexity index is 428. The van der Waals surface area contributed by atoms with Gasteiger partial charge < -0.3 is 9.64 Å². The molecule has 1 aromatic rings. The van der Waals surface area contributed by atoms with Crippen LogP contribution in [-0.4, -0.2) is 25.8 Å². The molecule has 0 bridgehead atoms. The van der Waals surface area contributed by atoms with Crippen LogP contribution in [0.25, 0.3) is 0 Å². The summed E-state index contributed by atoms with van der Waals surface area (Å²) in [5.41, 5.74) is 1.57. The molecule has 2 rings (SSSR count). The molecule has 4 heteroatoms. The van der Waals surface area contributed by atoms with Crippen molar-refractivity contribution in [3.8, 4) is 6.07 Å². The number of nitrogens with zero attached hydrogens (tertiary/aromatic N) is 2. The third-order valence-electron chi connectivity index (χ3n) is 2.68. The molecule has 3 nitrogen and oxygen atoms in total. The van der Waals surface area contributed by atoms with E-state index in [0.717, 1.165) is 25.4 Å². The lowest BCUT2D eigenvalue weighted by molar-refractivity contribution is 0.0532. The summed E-state index contributed by atoms with van der Waals surface area (Å²) in [5, 5.41) is 9.31. The first-order valence-electron chi connectivity index (χ1n) is 5.27. The van der Waals surface area contributed by atoms with Gasteiger partial charge in [0.2, 0.25) is 0 Å². The van der Waals surface area contributed by atoms with E-state index in [1.807, 2.05) is 12.1 Å². The van der Waals surface area contributed by atoms with E-state index in [9.17, 15) is 0 Å². The number of hydrogen-bond donors (Lipinski definition) is 0. The first-order chi connectivity index (χ1) is 7.70. The summed E-state index contributed by atoms with van der Waals surface area (Å²) in [7, 11) is 0. The van der Waals surface area contributed by atoms with Crippen LogP contribution in [0.4, 0.5) is 5.69 Å². The van der Waals surface area contributed by atoms with Crippen molar-refractivity contribution in [3.05, 3.63) is 28.8 Å². The first-order valence-corrected chi connectivity index (χ1v) is 5.64. The van der Waals surface area contributed by atoms with Gasteiger partial charge in [-0.3, -0.25) is 0 Å². The predicted molar refractivity (Wildman–Crippen MR) is 63.8 cm³/mol. The van der Waals surface area contributed by atoms with Crippen molar-refractivity contribution < 1.29 is 4.74 Å². The molecule has 0 aliphatic carbocycles. The van der Waals surface area contributed by atoms with Crippen LogP contribution in [0.2, 0.25) is 5.02 Å². The molecule has 0 N–H and O–H groups in total. The number of nitriles is 1. The van der Waals surface area contributed by atoms with Crippen LogP contribution in [0, 0.1) is 11.3 Å². The van der Waals surface area contributed by atoms with Crippen molar-refractivity contribution in [1.82, 2.24) is 0 Å². The molecule has 1 fully saturated rings. The fourth-order valence-corrected chi connectivity index (χ4v) is 2.06. The van der Waals surface area contributed by atoms with Crippen LogP contribution in [0.5, 0.6) is 0 Å². The van der Waals surface area contributed by atoms with Crippen molar-refractivity contribution in [1.29, 1.82) is 5.26 Å². The van der Waals surface area contributed by atoms with Gasteiger partial charge >= 0.3 is 0 Å². The maximum atomic E-state index is 8.79. The molecule has 1 aliphatic heterocycles. The Morgan fingerprint density at radius 3 is 3.00 bits per heavy atom. The van der Waals surface area contributed by atoms with E-state index in [-0.39, 0.29) is 6.10 Å². The zero-order chi connectivity index (χ0) is 11.5. The van der Waals surface area contributed by atoms with E-state index >= 15 is 0 Å². The highest BCUT2D eigenvalue weighted by atomic mass is 35.5. The maximum absolute atomic E-state index is 8.79. The summed E-state index contributed by atoms with van der Waals surface area (Å²) in [6.07, 6.45) is 0.239. The van der Waals surface area contributed by atoms with Gasteiger partial charge in [-0.2, -0.15) is 5.26 Å². The van der Waals surface area contributed by atoms with Crippen LogP contribution in [0.3, 0.4) is 0 Å². The molecule has 0 aromatic heterocycles. The second-order valence-corrected chi connectivity index (χ2v) is 4.31. The van der Waals surface area contributed by atoms with Crippen molar-refractivity contribution >= 4 is 17.3 Å². The molecule has 0 amide bonds. The fraction of sp³-hybridized carbons (Fsp3) is 0.417. The zero-order valence-electron chi connectivity index (χ0n) is 9.11. The fourth-order valence-electron chi connectivity index (χ4n) is 1.84. The van der Waals surface area contributed by atoms with Gasteiger partial charge in [0.25, 0.3) is 0 Å². The quantitative estimate of drug-likeness (QED) is 0.752. The minimum Gasteiger partial charge on any atom is -0.375 e. The number of hydrogen-bond acceptors (Lipinski definition) is 3. The number of benzene rings is 1. The van der Waals surface area contributed by atoms with Gasteiger partial charge in [0.15, 0.2) is 0 Å². The molecule has 1 aliphatic rings. The van der Waals surface area contributed by atoms with Crippen LogP contribution in [-0.2, 0) is 4.74 Å². The molecule has 0 radical (unpaired) electrons. The molecule has 16 heavy (non-hydrogen) atoms. The Hall–Kier alpha value is -1.24. The topological polar surface area (TPSA) is 36.3 Å². The molecule has 0 spiro atoms. The van der Waals surface area contributed by atoms with Gasteiger partial charge in [0, 0.05) is 18.8 Å². The highest BCUT2D eigenvalue weighted by Gasteiger charge is 2.17. The maximum Gasteiger partial charge on any atom is 0.101 e. The second kappa shape index (κ2) is 4.73. The van der Waals surface area contributed by atoms with Crippen molar-refractivity contribution in [3.63, 3.8) is 0 Å². The van der Waals surface area contributed by atoms with E-state index in [1.165, 1.54) is 0 Å². The Morgan fingerprint density at radius 1 is 1.56 bits per heavy atom. The highest BCUT2D eigenvalue weighted by Crippen LogP contribution is 2.24. The molecular weight excluding hydrogens is 224 g/mol. The molecule has 84 valence electrons. The van der Waals surface area contributed by atoms with Gasteiger partial charge in [-0.15, -0.1) is 0 Å². The van der Waals surface area contributed by atoms with Crippen molar-refractivity contribution in [2.75, 3.05) is 24.6 Å². The summed E-state index contributed by atoms with van der Waals surface area (Å²) in [6.45, 7) is 4.52. The largest absolute Gasteiger partial charge is 0.375 e. The average Bonchev–Trinajstić information content (AvgIpc) is 2.29. The monoisotopic (exact) mass is 236 g/mol. The number of morpholine rings is 1. The van der Waals surface area contributed by atoms with Gasteiger partial charge in [0.1, 0.15) is 6.07 Å². The third kappa shape index (κ3) is 2.29. The average molecular weight is 237 g/mol. The van der Waals surface area contributed by atoms with Gasteiger partial charge in [-0.05, 0) is 25.1 Å². The van der Waals surface area contributed by atoms with Crippen LogP contribution >= 0.6 is 11.6 Å².